The van der Waals surface area contributed by atoms with E-state index in [2.05, 4.69) is 4.74 Å². The molecule has 0 bridgehead atoms. The van der Waals surface area contributed by atoms with Gasteiger partial charge >= 0.3 is 5.97 Å². The van der Waals surface area contributed by atoms with Crippen molar-refractivity contribution in [3.05, 3.63) is 54.0 Å². The van der Waals surface area contributed by atoms with E-state index >= 15 is 0 Å². The minimum atomic E-state index is -0.368. The molecule has 0 atom stereocenters. The van der Waals surface area contributed by atoms with Crippen molar-refractivity contribution >= 4 is 11.9 Å². The summed E-state index contributed by atoms with van der Waals surface area (Å²) in [5, 5.41) is 0. The Hall–Kier alpha value is -2.76. The third-order valence-corrected chi connectivity index (χ3v) is 3.34. The largest absolute Gasteiger partial charge is 0.497 e. The molecule has 1 aromatic heterocycles. The molecule has 0 aliphatic carbocycles. The molecule has 1 amide bonds. The fourth-order valence-corrected chi connectivity index (χ4v) is 2.11. The molecule has 0 spiro atoms. The Labute approximate surface area is 134 Å². The third-order valence-electron chi connectivity index (χ3n) is 3.34. The molecule has 1 heterocycles. The van der Waals surface area contributed by atoms with Crippen molar-refractivity contribution in [1.29, 1.82) is 0 Å². The topological polar surface area (TPSA) is 69.0 Å². The van der Waals surface area contributed by atoms with Crippen LogP contribution in [0.2, 0.25) is 0 Å². The van der Waals surface area contributed by atoms with Gasteiger partial charge in [-0.05, 0) is 30.3 Å². The number of benzene rings is 1. The van der Waals surface area contributed by atoms with E-state index in [1.807, 2.05) is 0 Å². The maximum atomic E-state index is 12.7. The van der Waals surface area contributed by atoms with Crippen LogP contribution in [-0.4, -0.2) is 37.5 Å². The molecule has 2 aromatic rings. The second kappa shape index (κ2) is 8.03. The van der Waals surface area contributed by atoms with E-state index in [9.17, 15) is 9.59 Å². The Morgan fingerprint density at radius 3 is 2.65 bits per heavy atom. The summed E-state index contributed by atoms with van der Waals surface area (Å²) in [5.41, 5.74) is 0.487. The number of methoxy groups -OCH3 is 2. The monoisotopic (exact) mass is 317 g/mol. The van der Waals surface area contributed by atoms with Crippen LogP contribution in [0.25, 0.3) is 0 Å². The Morgan fingerprint density at radius 2 is 2.00 bits per heavy atom. The van der Waals surface area contributed by atoms with Crippen LogP contribution in [-0.2, 0) is 16.1 Å². The molecule has 6 heteroatoms. The van der Waals surface area contributed by atoms with Gasteiger partial charge < -0.3 is 18.8 Å². The van der Waals surface area contributed by atoms with Crippen molar-refractivity contribution < 1.29 is 23.5 Å². The highest BCUT2D eigenvalue weighted by Crippen LogP contribution is 2.16. The van der Waals surface area contributed by atoms with Crippen LogP contribution in [0, 0.1) is 0 Å². The summed E-state index contributed by atoms with van der Waals surface area (Å²) in [6.45, 7) is 0.517. The van der Waals surface area contributed by atoms with Crippen LogP contribution in [0.3, 0.4) is 0 Å². The molecule has 0 aliphatic rings. The van der Waals surface area contributed by atoms with Gasteiger partial charge in [0.25, 0.3) is 5.91 Å². The van der Waals surface area contributed by atoms with E-state index in [0.717, 1.165) is 0 Å². The molecule has 0 aliphatic heterocycles. The number of hydrogen-bond acceptors (Lipinski definition) is 5. The zero-order valence-electron chi connectivity index (χ0n) is 13.2. The number of furan rings is 1. The van der Waals surface area contributed by atoms with Crippen molar-refractivity contribution in [2.24, 2.45) is 0 Å². The maximum Gasteiger partial charge on any atom is 0.307 e. The molecule has 0 unspecified atom stereocenters. The highest BCUT2D eigenvalue weighted by atomic mass is 16.5. The standard InChI is InChI=1S/C17H19NO5/c1-21-14-6-3-5-13(11-14)17(20)18(9-8-16(19)22-2)12-15-7-4-10-23-15/h3-7,10-11H,8-9,12H2,1-2H3. The fourth-order valence-electron chi connectivity index (χ4n) is 2.11. The fraction of sp³-hybridized carbons (Fsp3) is 0.294. The van der Waals surface area contributed by atoms with Crippen molar-refractivity contribution in [1.82, 2.24) is 4.90 Å². The zero-order valence-corrected chi connectivity index (χ0v) is 13.2. The van der Waals surface area contributed by atoms with Crippen LogP contribution < -0.4 is 4.74 Å². The van der Waals surface area contributed by atoms with Crippen molar-refractivity contribution in [2.45, 2.75) is 13.0 Å². The molecule has 0 saturated heterocycles. The number of esters is 1. The summed E-state index contributed by atoms with van der Waals surface area (Å²) >= 11 is 0. The van der Waals surface area contributed by atoms with Crippen molar-refractivity contribution in [3.8, 4) is 5.75 Å². The lowest BCUT2D eigenvalue weighted by molar-refractivity contribution is -0.140. The highest BCUT2D eigenvalue weighted by molar-refractivity contribution is 5.94. The van der Waals surface area contributed by atoms with E-state index in [1.165, 1.54) is 7.11 Å². The molecule has 0 N–H and O–H groups in total. The predicted octanol–water partition coefficient (Wildman–Crippen LogP) is 2.49. The summed E-state index contributed by atoms with van der Waals surface area (Å²) in [6.07, 6.45) is 1.66. The smallest absolute Gasteiger partial charge is 0.307 e. The number of hydrogen-bond donors (Lipinski definition) is 0. The van der Waals surface area contributed by atoms with Crippen LogP contribution >= 0.6 is 0 Å². The second-order valence-corrected chi connectivity index (χ2v) is 4.86. The first kappa shape index (κ1) is 16.6. The molecule has 23 heavy (non-hydrogen) atoms. The SMILES string of the molecule is COC(=O)CCN(Cc1ccco1)C(=O)c1cccc(OC)c1. The summed E-state index contributed by atoms with van der Waals surface area (Å²) in [4.78, 5) is 25.6. The molecule has 0 saturated carbocycles. The van der Waals surface area contributed by atoms with Gasteiger partial charge in [0.2, 0.25) is 0 Å². The lowest BCUT2D eigenvalue weighted by Gasteiger charge is -2.21. The van der Waals surface area contributed by atoms with Crippen LogP contribution in [0.5, 0.6) is 5.75 Å². The number of carbonyl (C=O) groups is 2. The van der Waals surface area contributed by atoms with E-state index in [0.29, 0.717) is 17.1 Å². The second-order valence-electron chi connectivity index (χ2n) is 4.86. The number of rotatable bonds is 7. The lowest BCUT2D eigenvalue weighted by atomic mass is 10.1. The Morgan fingerprint density at radius 1 is 1.17 bits per heavy atom. The normalized spacial score (nSPS) is 10.2. The van der Waals surface area contributed by atoms with E-state index in [1.54, 1.807) is 54.7 Å². The number of nitrogens with zero attached hydrogens (tertiary/aromatic N) is 1. The lowest BCUT2D eigenvalue weighted by Crippen LogP contribution is -2.32. The molecule has 6 nitrogen and oxygen atoms in total. The first-order valence-corrected chi connectivity index (χ1v) is 7.16. The average Bonchev–Trinajstić information content (AvgIpc) is 3.10. The minimum Gasteiger partial charge on any atom is -0.497 e. The molecular weight excluding hydrogens is 298 g/mol. The van der Waals surface area contributed by atoms with E-state index < -0.39 is 0 Å². The van der Waals surface area contributed by atoms with Crippen LogP contribution in [0.4, 0.5) is 0 Å². The van der Waals surface area contributed by atoms with Gasteiger partial charge in [-0.25, -0.2) is 0 Å². The van der Waals surface area contributed by atoms with Gasteiger partial charge in [0.1, 0.15) is 11.5 Å². The van der Waals surface area contributed by atoms with Crippen molar-refractivity contribution in [2.75, 3.05) is 20.8 Å². The first-order valence-electron chi connectivity index (χ1n) is 7.16. The zero-order chi connectivity index (χ0) is 16.7. The predicted molar refractivity (Wildman–Crippen MR) is 83.1 cm³/mol. The summed E-state index contributed by atoms with van der Waals surface area (Å²) < 4.78 is 15.1. The van der Waals surface area contributed by atoms with Gasteiger partial charge in [-0.15, -0.1) is 0 Å². The van der Waals surface area contributed by atoms with Gasteiger partial charge in [0.05, 0.1) is 33.4 Å². The summed E-state index contributed by atoms with van der Waals surface area (Å²) in [5.74, 6) is 0.671. The summed E-state index contributed by atoms with van der Waals surface area (Å²) in [7, 11) is 2.87. The number of amides is 1. The Balaban J connectivity index is 2.16. The van der Waals surface area contributed by atoms with Gasteiger partial charge in [-0.3, -0.25) is 9.59 Å². The molecule has 0 fully saturated rings. The maximum absolute atomic E-state index is 12.7. The number of ether oxygens (including phenoxy) is 2. The number of carbonyl (C=O) groups excluding carboxylic acids is 2. The van der Waals surface area contributed by atoms with E-state index in [-0.39, 0.29) is 31.4 Å². The van der Waals surface area contributed by atoms with Crippen LogP contribution in [0.1, 0.15) is 22.5 Å². The Bertz CT molecular complexity index is 651. The quantitative estimate of drug-likeness (QED) is 0.734. The minimum absolute atomic E-state index is 0.118. The van der Waals surface area contributed by atoms with Crippen LogP contribution in [0.15, 0.2) is 47.1 Å². The summed E-state index contributed by atoms with van der Waals surface area (Å²) in [6, 6.07) is 10.4. The van der Waals surface area contributed by atoms with Gasteiger partial charge in [0, 0.05) is 12.1 Å². The Kier molecular flexibility index (Phi) is 5.80. The van der Waals surface area contributed by atoms with Gasteiger partial charge in [-0.1, -0.05) is 6.07 Å². The van der Waals surface area contributed by atoms with Gasteiger partial charge in [0.15, 0.2) is 0 Å². The third kappa shape index (κ3) is 4.60. The molecule has 122 valence electrons. The van der Waals surface area contributed by atoms with E-state index in [4.69, 9.17) is 9.15 Å². The molecule has 2 rings (SSSR count). The molecule has 1 aromatic carbocycles. The highest BCUT2D eigenvalue weighted by Gasteiger charge is 2.19. The van der Waals surface area contributed by atoms with Gasteiger partial charge in [-0.2, -0.15) is 0 Å². The molecule has 0 radical (unpaired) electrons. The average molecular weight is 317 g/mol. The first-order chi connectivity index (χ1) is 11.1. The van der Waals surface area contributed by atoms with Crippen molar-refractivity contribution in [3.63, 3.8) is 0 Å². The molecular formula is C17H19NO5.